The van der Waals surface area contributed by atoms with Crippen LogP contribution in [0.4, 0.5) is 0 Å². The van der Waals surface area contributed by atoms with Gasteiger partial charge in [0.25, 0.3) is 0 Å². The van der Waals surface area contributed by atoms with E-state index < -0.39 is 0 Å². The Hall–Kier alpha value is -0.990. The van der Waals surface area contributed by atoms with Gasteiger partial charge in [-0.15, -0.1) is 0 Å². The number of carbonyl (C=O) groups excluding carboxylic acids is 1. The highest BCUT2D eigenvalue weighted by atomic mass is 16.5. The number of carbonyl (C=O) groups is 1. The number of esters is 1. The quantitative estimate of drug-likeness (QED) is 0.683. The van der Waals surface area contributed by atoms with Crippen molar-refractivity contribution >= 4 is 5.97 Å². The first-order valence-corrected chi connectivity index (χ1v) is 9.77. The Morgan fingerprint density at radius 1 is 1.09 bits per heavy atom. The first-order valence-electron chi connectivity index (χ1n) is 9.77. The van der Waals surface area contributed by atoms with Crippen LogP contribution >= 0.6 is 0 Å². The van der Waals surface area contributed by atoms with Crippen molar-refractivity contribution in [3.05, 3.63) is 11.8 Å². The highest BCUT2D eigenvalue weighted by Crippen LogP contribution is 2.34. The summed E-state index contributed by atoms with van der Waals surface area (Å²) in [4.78, 5) is 12.0. The molecule has 0 aromatic carbocycles. The maximum Gasteiger partial charge on any atom is 0.309 e. The van der Waals surface area contributed by atoms with Crippen LogP contribution in [0.2, 0.25) is 0 Å². The fourth-order valence-corrected chi connectivity index (χ4v) is 4.35. The largest absolute Gasteiger partial charge is 0.469 e. The molecule has 0 radical (unpaired) electrons. The van der Waals surface area contributed by atoms with Gasteiger partial charge >= 0.3 is 5.97 Å². The van der Waals surface area contributed by atoms with E-state index in [0.717, 1.165) is 38.1 Å². The second-order valence-electron chi connectivity index (χ2n) is 7.34. The van der Waals surface area contributed by atoms with Crippen LogP contribution in [0, 0.1) is 17.8 Å². The Morgan fingerprint density at radius 2 is 1.78 bits per heavy atom. The van der Waals surface area contributed by atoms with Gasteiger partial charge in [0.2, 0.25) is 0 Å². The molecule has 132 valence electrons. The molecule has 0 aliphatic heterocycles. The maximum absolute atomic E-state index is 12.0. The molecule has 0 bridgehead atoms. The third kappa shape index (κ3) is 5.86. The lowest BCUT2D eigenvalue weighted by Gasteiger charge is -2.28. The smallest absolute Gasteiger partial charge is 0.309 e. The van der Waals surface area contributed by atoms with Gasteiger partial charge in [-0.2, -0.15) is 0 Å². The molecule has 2 fully saturated rings. The molecule has 1 unspecified atom stereocenters. The van der Waals surface area contributed by atoms with E-state index in [1.807, 2.05) is 0 Å². The summed E-state index contributed by atoms with van der Waals surface area (Å²) < 4.78 is 5.03. The zero-order valence-corrected chi connectivity index (χ0v) is 15.1. The predicted octanol–water partition coefficient (Wildman–Crippen LogP) is 4.82. The van der Waals surface area contributed by atoms with Gasteiger partial charge in [-0.25, -0.2) is 0 Å². The second kappa shape index (κ2) is 10.00. The first-order chi connectivity index (χ1) is 11.2. The highest BCUT2D eigenvalue weighted by molar-refractivity contribution is 5.73. The first kappa shape index (κ1) is 18.4. The number of rotatable bonds is 7. The molecule has 3 nitrogen and oxygen atoms in total. The molecular weight excluding hydrogens is 286 g/mol. The van der Waals surface area contributed by atoms with Crippen LogP contribution in [-0.4, -0.2) is 19.6 Å². The van der Waals surface area contributed by atoms with Gasteiger partial charge in [-0.1, -0.05) is 51.0 Å². The van der Waals surface area contributed by atoms with Crippen LogP contribution in [0.1, 0.15) is 77.6 Å². The minimum Gasteiger partial charge on any atom is -0.469 e. The summed E-state index contributed by atoms with van der Waals surface area (Å²) in [5.41, 5.74) is 1.36. The fourth-order valence-electron chi connectivity index (χ4n) is 4.35. The molecule has 0 spiro atoms. The number of nitrogens with one attached hydrogen (secondary N) is 1. The van der Waals surface area contributed by atoms with E-state index in [9.17, 15) is 4.79 Å². The van der Waals surface area contributed by atoms with Crippen LogP contribution in [0.15, 0.2) is 11.8 Å². The molecule has 3 heteroatoms. The Labute approximate surface area is 142 Å². The van der Waals surface area contributed by atoms with E-state index in [1.165, 1.54) is 57.8 Å². The molecule has 0 heterocycles. The SMILES string of the molecule is CCN/C(=C\[C@H]1CCCCC1C(=O)OC)CCC1CCCCC1. The van der Waals surface area contributed by atoms with E-state index >= 15 is 0 Å². The minimum atomic E-state index is -0.0194. The van der Waals surface area contributed by atoms with Gasteiger partial charge in [0, 0.05) is 12.2 Å². The normalized spacial score (nSPS) is 26.8. The van der Waals surface area contributed by atoms with Gasteiger partial charge in [-0.3, -0.25) is 4.79 Å². The van der Waals surface area contributed by atoms with Gasteiger partial charge in [0.15, 0.2) is 0 Å². The zero-order chi connectivity index (χ0) is 16.5. The summed E-state index contributed by atoms with van der Waals surface area (Å²) in [6, 6.07) is 0. The van der Waals surface area contributed by atoms with E-state index in [4.69, 9.17) is 4.74 Å². The van der Waals surface area contributed by atoms with Crippen molar-refractivity contribution in [3.63, 3.8) is 0 Å². The van der Waals surface area contributed by atoms with Crippen molar-refractivity contribution in [3.8, 4) is 0 Å². The number of hydrogen-bond acceptors (Lipinski definition) is 3. The third-order valence-corrected chi connectivity index (χ3v) is 5.69. The number of methoxy groups -OCH3 is 1. The number of hydrogen-bond donors (Lipinski definition) is 1. The van der Waals surface area contributed by atoms with E-state index in [1.54, 1.807) is 0 Å². The molecule has 2 aliphatic carbocycles. The lowest BCUT2D eigenvalue weighted by molar-refractivity contribution is -0.147. The molecular formula is C20H35NO2. The van der Waals surface area contributed by atoms with Crippen molar-refractivity contribution in [1.82, 2.24) is 5.32 Å². The molecule has 0 saturated heterocycles. The molecule has 1 N–H and O–H groups in total. The summed E-state index contributed by atoms with van der Waals surface area (Å²) in [5, 5.41) is 3.56. The maximum atomic E-state index is 12.0. The van der Waals surface area contributed by atoms with Crippen LogP contribution in [-0.2, 0) is 9.53 Å². The Bertz CT molecular complexity index is 385. The van der Waals surface area contributed by atoms with Crippen molar-refractivity contribution in [2.24, 2.45) is 17.8 Å². The Balaban J connectivity index is 1.95. The second-order valence-corrected chi connectivity index (χ2v) is 7.34. The predicted molar refractivity (Wildman–Crippen MR) is 95.0 cm³/mol. The summed E-state index contributed by atoms with van der Waals surface area (Å²) in [6.07, 6.45) is 16.4. The zero-order valence-electron chi connectivity index (χ0n) is 15.1. The summed E-state index contributed by atoms with van der Waals surface area (Å²) >= 11 is 0. The van der Waals surface area contributed by atoms with Gasteiger partial charge < -0.3 is 10.1 Å². The molecule has 0 aromatic heterocycles. The van der Waals surface area contributed by atoms with Crippen molar-refractivity contribution in [2.75, 3.05) is 13.7 Å². The topological polar surface area (TPSA) is 38.3 Å². The molecule has 2 rings (SSSR count). The summed E-state index contributed by atoms with van der Waals surface area (Å²) in [7, 11) is 1.52. The molecule has 0 aromatic rings. The molecule has 23 heavy (non-hydrogen) atoms. The summed E-state index contributed by atoms with van der Waals surface area (Å²) in [6.45, 7) is 3.12. The summed E-state index contributed by atoms with van der Waals surface area (Å²) in [5.74, 6) is 1.32. The highest BCUT2D eigenvalue weighted by Gasteiger charge is 2.30. The molecule has 0 amide bonds. The minimum absolute atomic E-state index is 0.0194. The molecule has 2 saturated carbocycles. The van der Waals surface area contributed by atoms with Crippen LogP contribution in [0.5, 0.6) is 0 Å². The van der Waals surface area contributed by atoms with Crippen LogP contribution in [0.25, 0.3) is 0 Å². The van der Waals surface area contributed by atoms with E-state index in [0.29, 0.717) is 5.92 Å². The Morgan fingerprint density at radius 3 is 2.48 bits per heavy atom. The van der Waals surface area contributed by atoms with Crippen molar-refractivity contribution in [2.45, 2.75) is 77.6 Å². The lowest BCUT2D eigenvalue weighted by atomic mass is 9.78. The number of ether oxygens (including phenoxy) is 1. The molecule has 2 atom stereocenters. The van der Waals surface area contributed by atoms with Crippen molar-refractivity contribution < 1.29 is 9.53 Å². The van der Waals surface area contributed by atoms with Gasteiger partial charge in [0.05, 0.1) is 13.0 Å². The van der Waals surface area contributed by atoms with Crippen LogP contribution < -0.4 is 5.32 Å². The van der Waals surface area contributed by atoms with E-state index in [2.05, 4.69) is 18.3 Å². The Kier molecular flexibility index (Phi) is 7.98. The lowest BCUT2D eigenvalue weighted by Crippen LogP contribution is -2.28. The average molecular weight is 322 g/mol. The number of allylic oxidation sites excluding steroid dienone is 2. The fraction of sp³-hybridized carbons (Fsp3) is 0.850. The van der Waals surface area contributed by atoms with Crippen LogP contribution in [0.3, 0.4) is 0 Å². The van der Waals surface area contributed by atoms with Gasteiger partial charge in [-0.05, 0) is 44.4 Å². The van der Waals surface area contributed by atoms with Crippen molar-refractivity contribution in [1.29, 1.82) is 0 Å². The standard InChI is InChI=1S/C20H35NO2/c1-3-21-18(14-13-16-9-5-4-6-10-16)15-17-11-7-8-12-19(17)20(22)23-2/h15-17,19,21H,3-14H2,1-2H3/b18-15-/t17-,19?/m1/s1. The average Bonchev–Trinajstić information content (AvgIpc) is 2.60. The van der Waals surface area contributed by atoms with E-state index in [-0.39, 0.29) is 11.9 Å². The molecule has 2 aliphatic rings. The third-order valence-electron chi connectivity index (χ3n) is 5.69. The van der Waals surface area contributed by atoms with Gasteiger partial charge in [0.1, 0.15) is 0 Å². The monoisotopic (exact) mass is 321 g/mol.